The van der Waals surface area contributed by atoms with Crippen molar-refractivity contribution in [2.45, 2.75) is 12.2 Å². The quantitative estimate of drug-likeness (QED) is 0.902. The van der Waals surface area contributed by atoms with Crippen molar-refractivity contribution in [1.82, 2.24) is 14.7 Å². The molecule has 0 saturated carbocycles. The molecule has 0 bridgehead atoms. The van der Waals surface area contributed by atoms with Gasteiger partial charge in [-0.3, -0.25) is 14.2 Å². The van der Waals surface area contributed by atoms with Gasteiger partial charge in [-0.05, 0) is 6.42 Å². The maximum Gasteiger partial charge on any atom is 0.258 e. The number of rotatable bonds is 2. The van der Waals surface area contributed by atoms with Gasteiger partial charge in [0, 0.05) is 36.5 Å². The number of amidine groups is 1. The van der Waals surface area contributed by atoms with Crippen LogP contribution in [0.4, 0.5) is 0 Å². The summed E-state index contributed by atoms with van der Waals surface area (Å²) in [5, 5.41) is 6.06. The molecule has 1 aliphatic rings. The van der Waals surface area contributed by atoms with Crippen molar-refractivity contribution in [3.05, 3.63) is 33.7 Å². The highest BCUT2D eigenvalue weighted by Gasteiger charge is 2.07. The number of aliphatic imine (C=N–C) groups is 1. The zero-order chi connectivity index (χ0) is 12.4. The van der Waals surface area contributed by atoms with Crippen LogP contribution in [0.15, 0.2) is 27.4 Å². The lowest BCUT2D eigenvalue weighted by Crippen LogP contribution is -2.27. The Morgan fingerprint density at radius 2 is 2.50 bits per heavy atom. The third kappa shape index (κ3) is 2.41. The molecule has 2 aromatic rings. The van der Waals surface area contributed by atoms with Crippen molar-refractivity contribution >= 4 is 33.2 Å². The highest BCUT2D eigenvalue weighted by Crippen LogP contribution is 2.14. The van der Waals surface area contributed by atoms with Crippen LogP contribution in [-0.4, -0.2) is 27.6 Å². The highest BCUT2D eigenvalue weighted by atomic mass is 32.2. The number of nitrogens with zero attached hydrogens (tertiary/aromatic N) is 3. The van der Waals surface area contributed by atoms with Crippen LogP contribution in [0.25, 0.3) is 4.96 Å². The van der Waals surface area contributed by atoms with Gasteiger partial charge in [-0.2, -0.15) is 0 Å². The smallest absolute Gasteiger partial charge is 0.258 e. The molecule has 0 spiro atoms. The van der Waals surface area contributed by atoms with Gasteiger partial charge in [-0.1, -0.05) is 11.8 Å². The van der Waals surface area contributed by atoms with Gasteiger partial charge in [0.05, 0.1) is 5.69 Å². The number of fused-ring (bicyclic) bond motifs is 1. The van der Waals surface area contributed by atoms with Crippen molar-refractivity contribution < 1.29 is 0 Å². The van der Waals surface area contributed by atoms with Crippen LogP contribution in [0.3, 0.4) is 0 Å². The first-order chi connectivity index (χ1) is 8.83. The van der Waals surface area contributed by atoms with E-state index < -0.39 is 0 Å². The molecule has 3 rings (SSSR count). The number of hydrogen-bond acceptors (Lipinski definition) is 6. The van der Waals surface area contributed by atoms with Gasteiger partial charge in [0.15, 0.2) is 10.1 Å². The second-order valence-corrected chi connectivity index (χ2v) is 5.73. The Bertz CT molecular complexity index is 646. The first-order valence-corrected chi connectivity index (χ1v) is 7.56. The van der Waals surface area contributed by atoms with E-state index in [0.717, 1.165) is 35.3 Å². The summed E-state index contributed by atoms with van der Waals surface area (Å²) in [7, 11) is 0. The Morgan fingerprint density at radius 3 is 3.33 bits per heavy atom. The maximum absolute atomic E-state index is 11.8. The van der Waals surface area contributed by atoms with Crippen molar-refractivity contribution in [3.63, 3.8) is 0 Å². The fourth-order valence-corrected chi connectivity index (χ4v) is 3.27. The van der Waals surface area contributed by atoms with E-state index in [9.17, 15) is 4.79 Å². The molecule has 0 aromatic carbocycles. The molecule has 0 amide bonds. The molecule has 0 aliphatic carbocycles. The van der Waals surface area contributed by atoms with Gasteiger partial charge < -0.3 is 5.32 Å². The maximum atomic E-state index is 11.8. The lowest BCUT2D eigenvalue weighted by Gasteiger charge is -2.13. The zero-order valence-electron chi connectivity index (χ0n) is 9.63. The summed E-state index contributed by atoms with van der Waals surface area (Å²) in [6, 6.07) is 1.59. The van der Waals surface area contributed by atoms with Crippen LogP contribution in [0.5, 0.6) is 0 Å². The SMILES string of the molecule is O=c1cc(CSC2=NCCCN2)nc2sccn12. The third-order valence-corrected chi connectivity index (χ3v) is 4.32. The van der Waals surface area contributed by atoms with E-state index in [1.54, 1.807) is 28.4 Å². The largest absolute Gasteiger partial charge is 0.365 e. The fourth-order valence-electron chi connectivity index (χ4n) is 1.71. The molecule has 2 aromatic heterocycles. The van der Waals surface area contributed by atoms with E-state index in [4.69, 9.17) is 0 Å². The third-order valence-electron chi connectivity index (χ3n) is 2.58. The number of thiazole rings is 1. The van der Waals surface area contributed by atoms with Gasteiger partial charge in [0.1, 0.15) is 0 Å². The Labute approximate surface area is 112 Å². The minimum Gasteiger partial charge on any atom is -0.365 e. The molecule has 7 heteroatoms. The Kier molecular flexibility index (Phi) is 3.33. The van der Waals surface area contributed by atoms with Gasteiger partial charge in [0.25, 0.3) is 5.56 Å². The summed E-state index contributed by atoms with van der Waals surface area (Å²) in [6.45, 7) is 1.86. The van der Waals surface area contributed by atoms with Crippen molar-refractivity contribution in [2.75, 3.05) is 13.1 Å². The van der Waals surface area contributed by atoms with Crippen LogP contribution in [0.1, 0.15) is 12.1 Å². The molecule has 0 atom stereocenters. The van der Waals surface area contributed by atoms with Crippen LogP contribution < -0.4 is 10.9 Å². The summed E-state index contributed by atoms with van der Waals surface area (Å²) < 4.78 is 1.56. The molecule has 1 aliphatic heterocycles. The van der Waals surface area contributed by atoms with Crippen LogP contribution in [0.2, 0.25) is 0 Å². The van der Waals surface area contributed by atoms with E-state index >= 15 is 0 Å². The molecular formula is C11H12N4OS2. The number of aromatic nitrogens is 2. The van der Waals surface area contributed by atoms with Crippen molar-refractivity contribution in [1.29, 1.82) is 0 Å². The highest BCUT2D eigenvalue weighted by molar-refractivity contribution is 8.13. The molecule has 0 saturated heterocycles. The average molecular weight is 280 g/mol. The van der Waals surface area contributed by atoms with E-state index in [0.29, 0.717) is 5.75 Å². The minimum atomic E-state index is -0.0182. The van der Waals surface area contributed by atoms with Crippen LogP contribution in [-0.2, 0) is 5.75 Å². The van der Waals surface area contributed by atoms with Gasteiger partial charge in [0.2, 0.25) is 0 Å². The zero-order valence-corrected chi connectivity index (χ0v) is 11.3. The Hall–Kier alpha value is -1.34. The number of thioether (sulfide) groups is 1. The van der Waals surface area contributed by atoms with Crippen LogP contribution in [0, 0.1) is 0 Å². The molecule has 0 unspecified atom stereocenters. The molecule has 1 N–H and O–H groups in total. The molecule has 18 heavy (non-hydrogen) atoms. The van der Waals surface area contributed by atoms with E-state index in [1.807, 2.05) is 5.38 Å². The van der Waals surface area contributed by atoms with Crippen LogP contribution >= 0.6 is 23.1 Å². The lowest BCUT2D eigenvalue weighted by atomic mass is 10.4. The summed E-state index contributed by atoms with van der Waals surface area (Å²) in [5.74, 6) is 0.676. The first kappa shape index (κ1) is 11.7. The van der Waals surface area contributed by atoms with Gasteiger partial charge in [-0.25, -0.2) is 4.98 Å². The van der Waals surface area contributed by atoms with E-state index in [1.165, 1.54) is 11.3 Å². The topological polar surface area (TPSA) is 58.8 Å². The second-order valence-electron chi connectivity index (χ2n) is 3.90. The molecular weight excluding hydrogens is 268 g/mol. The molecule has 0 radical (unpaired) electrons. The molecule has 5 nitrogen and oxygen atoms in total. The van der Waals surface area contributed by atoms with E-state index in [-0.39, 0.29) is 5.56 Å². The normalized spacial score (nSPS) is 15.4. The summed E-state index contributed by atoms with van der Waals surface area (Å²) in [4.78, 5) is 21.4. The molecule has 3 heterocycles. The predicted molar refractivity (Wildman–Crippen MR) is 75.6 cm³/mol. The fraction of sp³-hybridized carbons (Fsp3) is 0.364. The second kappa shape index (κ2) is 5.11. The monoisotopic (exact) mass is 280 g/mol. The van der Waals surface area contributed by atoms with Gasteiger partial charge in [-0.15, -0.1) is 11.3 Å². The first-order valence-electron chi connectivity index (χ1n) is 5.70. The number of nitrogens with one attached hydrogen (secondary N) is 1. The number of hydrogen-bond donors (Lipinski definition) is 1. The summed E-state index contributed by atoms with van der Waals surface area (Å²) >= 11 is 3.08. The van der Waals surface area contributed by atoms with Gasteiger partial charge >= 0.3 is 0 Å². The van der Waals surface area contributed by atoms with E-state index in [2.05, 4.69) is 15.3 Å². The van der Waals surface area contributed by atoms with Crippen molar-refractivity contribution in [2.24, 2.45) is 4.99 Å². The Balaban J connectivity index is 1.78. The Morgan fingerprint density at radius 1 is 1.56 bits per heavy atom. The standard InChI is InChI=1S/C11H12N4OS2/c16-9-6-8(14-11-15(9)4-5-17-11)7-18-10-12-2-1-3-13-10/h4-6H,1-3,7H2,(H,12,13). The molecule has 0 fully saturated rings. The van der Waals surface area contributed by atoms with Crippen molar-refractivity contribution in [3.8, 4) is 0 Å². The summed E-state index contributed by atoms with van der Waals surface area (Å²) in [5.41, 5.74) is 0.790. The lowest BCUT2D eigenvalue weighted by molar-refractivity contribution is 0.751. The summed E-state index contributed by atoms with van der Waals surface area (Å²) in [6.07, 6.45) is 2.84. The molecule has 94 valence electrons. The average Bonchev–Trinajstić information content (AvgIpc) is 2.86. The minimum absolute atomic E-state index is 0.0182. The predicted octanol–water partition coefficient (Wildman–Crippen LogP) is 1.34.